The maximum Gasteiger partial charge on any atom is 0.145 e. The zero-order valence-electron chi connectivity index (χ0n) is 14.5. The van der Waals surface area contributed by atoms with Crippen molar-refractivity contribution in [2.75, 3.05) is 18.0 Å². The largest absolute Gasteiger partial charge is 0.490 e. The van der Waals surface area contributed by atoms with Gasteiger partial charge in [-0.15, -0.1) is 0 Å². The predicted octanol–water partition coefficient (Wildman–Crippen LogP) is 3.93. The zero-order valence-corrected chi connectivity index (χ0v) is 14.5. The number of benzene rings is 1. The van der Waals surface area contributed by atoms with Crippen LogP contribution < -0.4 is 9.64 Å². The number of aryl methyl sites for hydroxylation is 3. The molecule has 2 aromatic rings. The molecule has 1 fully saturated rings. The second kappa shape index (κ2) is 6.92. The Morgan fingerprint density at radius 1 is 1.08 bits per heavy atom. The van der Waals surface area contributed by atoms with Gasteiger partial charge in [-0.1, -0.05) is 18.2 Å². The van der Waals surface area contributed by atoms with Gasteiger partial charge in [-0.05, 0) is 49.6 Å². The van der Waals surface area contributed by atoms with Gasteiger partial charge in [0.15, 0.2) is 0 Å². The lowest BCUT2D eigenvalue weighted by atomic mass is 10.1. The predicted molar refractivity (Wildman–Crippen MR) is 95.5 cm³/mol. The third-order valence-corrected chi connectivity index (χ3v) is 4.59. The summed E-state index contributed by atoms with van der Waals surface area (Å²) in [7, 11) is 0. The Kier molecular flexibility index (Phi) is 4.71. The standard InChI is InChI=1S/C20H23N3O/c1-14-4-5-16(3)19(12-14)24-17-8-10-23(11-9-17)20-7-6-15(2)18(13-21)22-20/h4-7,12,17H,8-11H2,1-3H3. The van der Waals surface area contributed by atoms with Gasteiger partial charge in [-0.2, -0.15) is 5.26 Å². The number of ether oxygens (including phenoxy) is 1. The third-order valence-electron chi connectivity index (χ3n) is 4.59. The van der Waals surface area contributed by atoms with Crippen LogP contribution in [0.15, 0.2) is 30.3 Å². The van der Waals surface area contributed by atoms with E-state index < -0.39 is 0 Å². The number of anilines is 1. The number of piperidine rings is 1. The summed E-state index contributed by atoms with van der Waals surface area (Å²) in [6.07, 6.45) is 2.16. The Morgan fingerprint density at radius 3 is 2.50 bits per heavy atom. The summed E-state index contributed by atoms with van der Waals surface area (Å²) < 4.78 is 6.22. The molecule has 4 heteroatoms. The van der Waals surface area contributed by atoms with E-state index in [2.05, 4.69) is 48.0 Å². The smallest absolute Gasteiger partial charge is 0.145 e. The second-order valence-electron chi connectivity index (χ2n) is 6.52. The molecular formula is C20H23N3O. The molecule has 2 heterocycles. The van der Waals surface area contributed by atoms with E-state index in [1.165, 1.54) is 11.1 Å². The SMILES string of the molecule is Cc1ccc(C)c(OC2CCN(c3ccc(C)c(C#N)n3)CC2)c1. The molecule has 1 aromatic heterocycles. The Balaban J connectivity index is 1.64. The molecule has 1 aliphatic rings. The molecule has 1 aliphatic heterocycles. The average molecular weight is 321 g/mol. The second-order valence-corrected chi connectivity index (χ2v) is 6.52. The maximum absolute atomic E-state index is 9.14. The van der Waals surface area contributed by atoms with E-state index in [4.69, 9.17) is 10.00 Å². The first-order valence-corrected chi connectivity index (χ1v) is 8.43. The lowest BCUT2D eigenvalue weighted by Gasteiger charge is -2.33. The Morgan fingerprint density at radius 2 is 1.79 bits per heavy atom. The fourth-order valence-electron chi connectivity index (χ4n) is 3.02. The van der Waals surface area contributed by atoms with Crippen molar-refractivity contribution in [3.8, 4) is 11.8 Å². The Hall–Kier alpha value is -2.54. The van der Waals surface area contributed by atoms with Crippen LogP contribution in [0, 0.1) is 32.1 Å². The highest BCUT2D eigenvalue weighted by Gasteiger charge is 2.22. The van der Waals surface area contributed by atoms with E-state index in [1.807, 2.05) is 19.1 Å². The lowest BCUT2D eigenvalue weighted by Crippen LogP contribution is -2.38. The first-order chi connectivity index (χ1) is 11.6. The highest BCUT2D eigenvalue weighted by Crippen LogP contribution is 2.25. The first kappa shape index (κ1) is 16.3. The molecule has 24 heavy (non-hydrogen) atoms. The fourth-order valence-corrected chi connectivity index (χ4v) is 3.02. The van der Waals surface area contributed by atoms with Crippen LogP contribution in [0.2, 0.25) is 0 Å². The average Bonchev–Trinajstić information content (AvgIpc) is 2.59. The van der Waals surface area contributed by atoms with Crippen molar-refractivity contribution < 1.29 is 4.74 Å². The quantitative estimate of drug-likeness (QED) is 0.859. The van der Waals surface area contributed by atoms with Gasteiger partial charge in [0.1, 0.15) is 29.4 Å². The van der Waals surface area contributed by atoms with Gasteiger partial charge in [-0.3, -0.25) is 0 Å². The molecule has 124 valence electrons. The van der Waals surface area contributed by atoms with Crippen molar-refractivity contribution in [3.05, 3.63) is 52.7 Å². The number of nitrogens with zero attached hydrogens (tertiary/aromatic N) is 3. The number of hydrogen-bond donors (Lipinski definition) is 0. The topological polar surface area (TPSA) is 49.1 Å². The monoisotopic (exact) mass is 321 g/mol. The first-order valence-electron chi connectivity index (χ1n) is 8.43. The lowest BCUT2D eigenvalue weighted by molar-refractivity contribution is 0.169. The molecule has 0 spiro atoms. The van der Waals surface area contributed by atoms with Gasteiger partial charge in [0, 0.05) is 25.9 Å². The van der Waals surface area contributed by atoms with Crippen LogP contribution in [0.3, 0.4) is 0 Å². The Labute approximate surface area is 143 Å². The summed E-state index contributed by atoms with van der Waals surface area (Å²) >= 11 is 0. The molecule has 0 atom stereocenters. The minimum Gasteiger partial charge on any atom is -0.490 e. The van der Waals surface area contributed by atoms with Crippen molar-refractivity contribution >= 4 is 5.82 Å². The number of pyridine rings is 1. The van der Waals surface area contributed by atoms with Gasteiger partial charge >= 0.3 is 0 Å². The summed E-state index contributed by atoms with van der Waals surface area (Å²) in [5.41, 5.74) is 3.85. The van der Waals surface area contributed by atoms with Crippen LogP contribution in [-0.2, 0) is 0 Å². The number of aromatic nitrogens is 1. The molecule has 1 saturated heterocycles. The molecule has 0 amide bonds. The van der Waals surface area contributed by atoms with Gasteiger partial charge in [-0.25, -0.2) is 4.98 Å². The minimum absolute atomic E-state index is 0.239. The van der Waals surface area contributed by atoms with Gasteiger partial charge in [0.25, 0.3) is 0 Å². The van der Waals surface area contributed by atoms with E-state index in [0.717, 1.165) is 43.1 Å². The summed E-state index contributed by atoms with van der Waals surface area (Å²) in [5, 5.41) is 9.14. The summed E-state index contributed by atoms with van der Waals surface area (Å²) in [4.78, 5) is 6.71. The van der Waals surface area contributed by atoms with Gasteiger partial charge < -0.3 is 9.64 Å². The molecule has 3 rings (SSSR count). The molecule has 0 saturated carbocycles. The van der Waals surface area contributed by atoms with E-state index in [9.17, 15) is 0 Å². The highest BCUT2D eigenvalue weighted by molar-refractivity contribution is 5.45. The zero-order chi connectivity index (χ0) is 17.1. The molecule has 0 unspecified atom stereocenters. The van der Waals surface area contributed by atoms with Crippen LogP contribution in [0.4, 0.5) is 5.82 Å². The molecule has 0 radical (unpaired) electrons. The minimum atomic E-state index is 0.239. The number of rotatable bonds is 3. The van der Waals surface area contributed by atoms with Gasteiger partial charge in [0.05, 0.1) is 0 Å². The fraction of sp³-hybridized carbons (Fsp3) is 0.400. The van der Waals surface area contributed by atoms with Crippen molar-refractivity contribution in [1.82, 2.24) is 4.98 Å². The van der Waals surface area contributed by atoms with Crippen LogP contribution in [0.25, 0.3) is 0 Å². The maximum atomic E-state index is 9.14. The normalized spacial score (nSPS) is 15.2. The van der Waals surface area contributed by atoms with Crippen LogP contribution >= 0.6 is 0 Å². The molecule has 0 aliphatic carbocycles. The Bertz CT molecular complexity index is 771. The number of nitriles is 1. The van der Waals surface area contributed by atoms with Gasteiger partial charge in [0.2, 0.25) is 0 Å². The van der Waals surface area contributed by atoms with Crippen molar-refractivity contribution in [2.45, 2.75) is 39.7 Å². The third kappa shape index (κ3) is 3.51. The summed E-state index contributed by atoms with van der Waals surface area (Å²) in [5.74, 6) is 1.89. The summed E-state index contributed by atoms with van der Waals surface area (Å²) in [6.45, 7) is 7.89. The molecular weight excluding hydrogens is 298 g/mol. The molecule has 4 nitrogen and oxygen atoms in total. The van der Waals surface area contributed by atoms with Crippen molar-refractivity contribution in [1.29, 1.82) is 5.26 Å². The summed E-state index contributed by atoms with van der Waals surface area (Å²) in [6, 6.07) is 12.5. The van der Waals surface area contributed by atoms with Crippen LogP contribution in [0.1, 0.15) is 35.2 Å². The van der Waals surface area contributed by atoms with E-state index >= 15 is 0 Å². The molecule has 0 N–H and O–H groups in total. The van der Waals surface area contributed by atoms with Crippen LogP contribution in [-0.4, -0.2) is 24.2 Å². The van der Waals surface area contributed by atoms with Crippen LogP contribution in [0.5, 0.6) is 5.75 Å². The van der Waals surface area contributed by atoms with Crippen molar-refractivity contribution in [3.63, 3.8) is 0 Å². The highest BCUT2D eigenvalue weighted by atomic mass is 16.5. The van der Waals surface area contributed by atoms with Crippen molar-refractivity contribution in [2.24, 2.45) is 0 Å². The van der Waals surface area contributed by atoms with E-state index in [-0.39, 0.29) is 6.10 Å². The number of hydrogen-bond acceptors (Lipinski definition) is 4. The molecule has 0 bridgehead atoms. The molecule has 1 aromatic carbocycles. The van der Waals surface area contributed by atoms with E-state index in [1.54, 1.807) is 0 Å². The van der Waals surface area contributed by atoms with E-state index in [0.29, 0.717) is 5.69 Å².